The average molecular weight is 597 g/mol. The van der Waals surface area contributed by atoms with Gasteiger partial charge in [-0.05, 0) is 49.1 Å². The molecule has 0 radical (unpaired) electrons. The Morgan fingerprint density at radius 2 is 1.51 bits per heavy atom. The van der Waals surface area contributed by atoms with E-state index < -0.39 is 59.9 Å². The number of primary amides is 1. The van der Waals surface area contributed by atoms with E-state index >= 15 is 0 Å². The van der Waals surface area contributed by atoms with Crippen LogP contribution < -0.4 is 27.4 Å². The summed E-state index contributed by atoms with van der Waals surface area (Å²) in [5.74, 6) is -4.74. The second-order valence-electron chi connectivity index (χ2n) is 10.2. The number of nitrogens with one attached hydrogen (secondary N) is 4. The van der Waals surface area contributed by atoms with E-state index in [2.05, 4.69) is 20.9 Å². The van der Waals surface area contributed by atoms with E-state index in [1.54, 1.807) is 18.3 Å². The summed E-state index contributed by atoms with van der Waals surface area (Å²) >= 11 is 0. The van der Waals surface area contributed by atoms with Crippen molar-refractivity contribution in [2.24, 2.45) is 11.5 Å². The zero-order valence-electron chi connectivity index (χ0n) is 23.4. The first-order chi connectivity index (χ1) is 20.3. The highest BCUT2D eigenvalue weighted by Gasteiger charge is 2.32. The van der Waals surface area contributed by atoms with Gasteiger partial charge in [0.05, 0.1) is 12.1 Å². The van der Waals surface area contributed by atoms with Crippen LogP contribution in [0.1, 0.15) is 30.9 Å². The number of carboxylic acids is 1. The maximum atomic E-state index is 13.5. The molecule has 1 aromatic heterocycles. The Balaban J connectivity index is 1.81. The predicted octanol–water partition coefficient (Wildman–Crippen LogP) is -0.829. The monoisotopic (exact) mass is 596 g/mol. The molecule has 0 saturated carbocycles. The molecule has 0 aliphatic heterocycles. The molecule has 5 atom stereocenters. The first-order valence-corrected chi connectivity index (χ1v) is 13.5. The van der Waals surface area contributed by atoms with E-state index in [-0.39, 0.29) is 31.4 Å². The number of phenolic OH excluding ortho intramolecular Hbond substituents is 1. The number of H-pyrrole nitrogens is 1. The van der Waals surface area contributed by atoms with Gasteiger partial charge in [0.2, 0.25) is 23.6 Å². The number of aliphatic carboxylic acids is 1. The van der Waals surface area contributed by atoms with E-state index in [0.29, 0.717) is 5.56 Å². The molecule has 0 aliphatic rings. The summed E-state index contributed by atoms with van der Waals surface area (Å²) in [5, 5.41) is 36.8. The van der Waals surface area contributed by atoms with Crippen LogP contribution in [0.4, 0.5) is 0 Å². The number of fused-ring (bicyclic) bond motifs is 1. The molecule has 0 spiro atoms. The van der Waals surface area contributed by atoms with Crippen molar-refractivity contribution in [1.29, 1.82) is 0 Å². The predicted molar refractivity (Wildman–Crippen MR) is 155 cm³/mol. The van der Waals surface area contributed by atoms with Gasteiger partial charge in [0.1, 0.15) is 17.8 Å². The van der Waals surface area contributed by atoms with Gasteiger partial charge in [-0.25, -0.2) is 4.79 Å². The third-order valence-electron chi connectivity index (χ3n) is 6.82. The number of hydrogen-bond donors (Lipinski definition) is 9. The number of nitrogens with two attached hydrogens (primary N) is 2. The molecule has 0 aliphatic carbocycles. The zero-order valence-corrected chi connectivity index (χ0v) is 23.4. The van der Waals surface area contributed by atoms with Gasteiger partial charge in [-0.15, -0.1) is 0 Å². The molecule has 3 rings (SSSR count). The summed E-state index contributed by atoms with van der Waals surface area (Å²) in [6, 6.07) is 7.96. The van der Waals surface area contributed by atoms with Crippen molar-refractivity contribution >= 4 is 40.5 Å². The van der Waals surface area contributed by atoms with Crippen molar-refractivity contribution < 1.29 is 39.3 Å². The second-order valence-corrected chi connectivity index (χ2v) is 10.2. The molecule has 2 aromatic carbocycles. The molecular weight excluding hydrogens is 560 g/mol. The van der Waals surface area contributed by atoms with Crippen LogP contribution in [0, 0.1) is 0 Å². The minimum Gasteiger partial charge on any atom is -0.508 e. The molecule has 0 bridgehead atoms. The molecule has 14 heteroatoms. The van der Waals surface area contributed by atoms with Gasteiger partial charge in [0, 0.05) is 29.9 Å². The van der Waals surface area contributed by atoms with Crippen LogP contribution in [0.3, 0.4) is 0 Å². The number of carbonyl (C=O) groups excluding carboxylic acids is 4. The second kappa shape index (κ2) is 14.8. The van der Waals surface area contributed by atoms with Gasteiger partial charge in [0.25, 0.3) is 0 Å². The summed E-state index contributed by atoms with van der Waals surface area (Å²) < 4.78 is 0. The van der Waals surface area contributed by atoms with Crippen LogP contribution in [0.25, 0.3) is 10.9 Å². The highest BCUT2D eigenvalue weighted by molar-refractivity contribution is 5.95. The number of carboxylic acid groups (broad SMARTS) is 1. The summed E-state index contributed by atoms with van der Waals surface area (Å²) in [6.07, 6.45) is -0.225. The first kappa shape index (κ1) is 32.6. The fourth-order valence-electron chi connectivity index (χ4n) is 4.46. The van der Waals surface area contributed by atoms with Crippen molar-refractivity contribution in [1.82, 2.24) is 20.9 Å². The number of hydrogen-bond acceptors (Lipinski definition) is 8. The normalized spacial score (nSPS) is 14.6. The summed E-state index contributed by atoms with van der Waals surface area (Å²) in [7, 11) is 0. The van der Waals surface area contributed by atoms with E-state index in [1.807, 2.05) is 24.3 Å². The molecule has 14 nitrogen and oxygen atoms in total. The van der Waals surface area contributed by atoms with Crippen LogP contribution in [0.15, 0.2) is 54.7 Å². The molecule has 1 heterocycles. The lowest BCUT2D eigenvalue weighted by atomic mass is 10.0. The van der Waals surface area contributed by atoms with Crippen LogP contribution in [-0.2, 0) is 36.8 Å². The third kappa shape index (κ3) is 9.28. The molecule has 3 aromatic rings. The molecule has 4 amide bonds. The van der Waals surface area contributed by atoms with E-state index in [9.17, 15) is 39.3 Å². The SMILES string of the molecule is CC(O)C(NC(=O)C(CCC(N)=O)NC(=O)C(Cc1ccc(O)cc1)NC(=O)C(N)Cc1c[nH]c2ccccc12)C(=O)O. The fraction of sp³-hybridized carbons (Fsp3) is 0.345. The van der Waals surface area contributed by atoms with Crippen molar-refractivity contribution in [2.45, 2.75) is 62.9 Å². The Morgan fingerprint density at radius 3 is 2.14 bits per heavy atom. The Labute approximate surface area is 246 Å². The lowest BCUT2D eigenvalue weighted by Crippen LogP contribution is -2.58. The van der Waals surface area contributed by atoms with Gasteiger partial charge in [0.15, 0.2) is 6.04 Å². The molecule has 11 N–H and O–H groups in total. The van der Waals surface area contributed by atoms with Crippen molar-refractivity contribution in [3.8, 4) is 5.75 Å². The van der Waals surface area contributed by atoms with Gasteiger partial charge < -0.3 is 47.7 Å². The maximum absolute atomic E-state index is 13.5. The molecular formula is C29H36N6O8. The minimum absolute atomic E-state index is 0.0104. The van der Waals surface area contributed by atoms with Gasteiger partial charge in [-0.1, -0.05) is 30.3 Å². The van der Waals surface area contributed by atoms with Crippen LogP contribution in [0.2, 0.25) is 0 Å². The Morgan fingerprint density at radius 1 is 0.884 bits per heavy atom. The lowest BCUT2D eigenvalue weighted by Gasteiger charge is -2.26. The first-order valence-electron chi connectivity index (χ1n) is 13.5. The van der Waals surface area contributed by atoms with Crippen molar-refractivity contribution in [3.05, 3.63) is 65.9 Å². The number of phenols is 1. The Kier molecular flexibility index (Phi) is 11.2. The number of benzene rings is 2. The van der Waals surface area contributed by atoms with Crippen molar-refractivity contribution in [2.75, 3.05) is 0 Å². The molecule has 230 valence electrons. The number of aromatic hydroxyl groups is 1. The minimum atomic E-state index is -1.68. The number of para-hydroxylation sites is 1. The smallest absolute Gasteiger partial charge is 0.328 e. The number of carbonyl (C=O) groups is 5. The number of amides is 4. The van der Waals surface area contributed by atoms with Crippen LogP contribution in [0.5, 0.6) is 5.75 Å². The topological polar surface area (TPSA) is 250 Å². The summed E-state index contributed by atoms with van der Waals surface area (Å²) in [5.41, 5.74) is 13.7. The average Bonchev–Trinajstić information content (AvgIpc) is 3.36. The number of aromatic amines is 1. The van der Waals surface area contributed by atoms with E-state index in [4.69, 9.17) is 11.5 Å². The Hall–Kier alpha value is -4.95. The number of aliphatic hydroxyl groups is 1. The fourth-order valence-corrected chi connectivity index (χ4v) is 4.46. The quantitative estimate of drug-likeness (QED) is 0.106. The largest absolute Gasteiger partial charge is 0.508 e. The standard InChI is InChI=1S/C29H36N6O8/c1-15(36)25(29(42)43)35-27(40)22(10-11-24(31)38)33-28(41)23(12-16-6-8-18(37)9-7-16)34-26(39)20(30)13-17-14-32-21-5-3-2-4-19(17)21/h2-9,14-15,20,22-23,25,32,36-37H,10-13,30H2,1H3,(H2,31,38)(H,33,41)(H,34,39)(H,35,40)(H,42,43). The number of aliphatic hydroxyl groups excluding tert-OH is 1. The van der Waals surface area contributed by atoms with Crippen LogP contribution >= 0.6 is 0 Å². The van der Waals surface area contributed by atoms with Gasteiger partial charge in [-0.2, -0.15) is 0 Å². The molecule has 5 unspecified atom stereocenters. The maximum Gasteiger partial charge on any atom is 0.328 e. The number of aromatic nitrogens is 1. The summed E-state index contributed by atoms with van der Waals surface area (Å²) in [4.78, 5) is 65.7. The third-order valence-corrected chi connectivity index (χ3v) is 6.82. The highest BCUT2D eigenvalue weighted by Crippen LogP contribution is 2.19. The van der Waals surface area contributed by atoms with E-state index in [1.165, 1.54) is 19.1 Å². The zero-order chi connectivity index (χ0) is 31.7. The van der Waals surface area contributed by atoms with E-state index in [0.717, 1.165) is 16.5 Å². The lowest BCUT2D eigenvalue weighted by molar-refractivity contribution is -0.145. The summed E-state index contributed by atoms with van der Waals surface area (Å²) in [6.45, 7) is 1.17. The number of rotatable bonds is 15. The molecule has 0 fully saturated rings. The van der Waals surface area contributed by atoms with Crippen LogP contribution in [-0.4, -0.2) is 80.2 Å². The van der Waals surface area contributed by atoms with Gasteiger partial charge in [-0.3, -0.25) is 19.2 Å². The molecule has 43 heavy (non-hydrogen) atoms. The Bertz CT molecular complexity index is 1450. The van der Waals surface area contributed by atoms with Crippen molar-refractivity contribution in [3.63, 3.8) is 0 Å². The van der Waals surface area contributed by atoms with Gasteiger partial charge >= 0.3 is 5.97 Å². The molecule has 0 saturated heterocycles. The highest BCUT2D eigenvalue weighted by atomic mass is 16.4.